The van der Waals surface area contributed by atoms with Crippen LogP contribution in [0.25, 0.3) is 0 Å². The van der Waals surface area contributed by atoms with Gasteiger partial charge in [-0.1, -0.05) is 12.8 Å². The van der Waals surface area contributed by atoms with E-state index in [1.165, 1.54) is 31.4 Å². The molecule has 0 spiro atoms. The van der Waals surface area contributed by atoms with Crippen LogP contribution in [0.3, 0.4) is 0 Å². The molecule has 3 rings (SSSR count). The molecule has 2 heteroatoms. The Morgan fingerprint density at radius 3 is 2.82 bits per heavy atom. The first kappa shape index (κ1) is 10.9. The van der Waals surface area contributed by atoms with Gasteiger partial charge in [-0.25, -0.2) is 0 Å². The summed E-state index contributed by atoms with van der Waals surface area (Å²) in [6, 6.07) is 9.10. The van der Waals surface area contributed by atoms with Crippen LogP contribution in [0, 0.1) is 11.8 Å². The van der Waals surface area contributed by atoms with Crippen LogP contribution in [0.1, 0.15) is 32.6 Å². The van der Waals surface area contributed by atoms with E-state index >= 15 is 0 Å². The molecule has 2 nitrogen and oxygen atoms in total. The van der Waals surface area contributed by atoms with Gasteiger partial charge in [0.15, 0.2) is 0 Å². The number of fused-ring (bicyclic) bond motifs is 1. The molecule has 0 saturated heterocycles. The lowest BCUT2D eigenvalue weighted by atomic mass is 9.95. The number of rotatable bonds is 4. The fourth-order valence-corrected chi connectivity index (χ4v) is 3.12. The van der Waals surface area contributed by atoms with Gasteiger partial charge in [-0.15, -0.1) is 0 Å². The van der Waals surface area contributed by atoms with Gasteiger partial charge in [0.25, 0.3) is 0 Å². The largest absolute Gasteiger partial charge is 0.494 e. The van der Waals surface area contributed by atoms with Crippen LogP contribution >= 0.6 is 0 Å². The summed E-state index contributed by atoms with van der Waals surface area (Å²) in [6.07, 6.45) is 5.66. The molecule has 92 valence electrons. The lowest BCUT2D eigenvalue weighted by molar-refractivity contribution is 0.340. The second-order valence-electron chi connectivity index (χ2n) is 5.30. The lowest BCUT2D eigenvalue weighted by Crippen LogP contribution is -2.25. The van der Waals surface area contributed by atoms with E-state index < -0.39 is 0 Å². The summed E-state index contributed by atoms with van der Waals surface area (Å²) >= 11 is 0. The number of hydrogen-bond donors (Lipinski definition) is 1. The van der Waals surface area contributed by atoms with Crippen molar-refractivity contribution in [1.82, 2.24) is 0 Å². The van der Waals surface area contributed by atoms with Gasteiger partial charge in [0, 0.05) is 11.7 Å². The summed E-state index contributed by atoms with van der Waals surface area (Å²) < 4.78 is 5.45. The molecule has 0 radical (unpaired) electrons. The standard InChI is InChI=1S/C15H21NO/c1-2-17-13-8-6-12(7-9-13)16-15-5-3-4-11-10-14(11)15/h6-9,11,14-16H,2-5,10H2,1H3. The van der Waals surface area contributed by atoms with Gasteiger partial charge in [0.05, 0.1) is 6.61 Å². The molecule has 3 unspecified atom stereocenters. The molecule has 2 fully saturated rings. The topological polar surface area (TPSA) is 21.3 Å². The number of hydrogen-bond acceptors (Lipinski definition) is 2. The summed E-state index contributed by atoms with van der Waals surface area (Å²) in [7, 11) is 0. The molecule has 17 heavy (non-hydrogen) atoms. The molecule has 0 bridgehead atoms. The minimum absolute atomic E-state index is 0.715. The van der Waals surface area contributed by atoms with Gasteiger partial charge in [-0.3, -0.25) is 0 Å². The first-order valence-electron chi connectivity index (χ1n) is 6.86. The molecular formula is C15H21NO. The van der Waals surface area contributed by atoms with Crippen molar-refractivity contribution in [2.75, 3.05) is 11.9 Å². The Hall–Kier alpha value is -1.18. The minimum atomic E-state index is 0.715. The molecule has 2 saturated carbocycles. The second-order valence-corrected chi connectivity index (χ2v) is 5.30. The predicted octanol–water partition coefficient (Wildman–Crippen LogP) is 3.69. The summed E-state index contributed by atoms with van der Waals surface area (Å²) in [5.74, 6) is 2.95. The molecule has 1 N–H and O–H groups in total. The molecule has 2 aliphatic rings. The highest BCUT2D eigenvalue weighted by Crippen LogP contribution is 2.50. The van der Waals surface area contributed by atoms with Crippen molar-refractivity contribution < 1.29 is 4.74 Å². The van der Waals surface area contributed by atoms with Crippen LogP contribution in [0.2, 0.25) is 0 Å². The normalized spacial score (nSPS) is 30.5. The van der Waals surface area contributed by atoms with Crippen molar-refractivity contribution >= 4 is 5.69 Å². The molecule has 0 aliphatic heterocycles. The Morgan fingerprint density at radius 2 is 2.06 bits per heavy atom. The highest BCUT2D eigenvalue weighted by atomic mass is 16.5. The molecule has 0 aromatic heterocycles. The van der Waals surface area contributed by atoms with Gasteiger partial charge in [0.1, 0.15) is 5.75 Å². The lowest BCUT2D eigenvalue weighted by Gasteiger charge is -2.23. The molecule has 0 amide bonds. The average Bonchev–Trinajstić information content (AvgIpc) is 3.12. The molecule has 0 heterocycles. The van der Waals surface area contributed by atoms with E-state index in [2.05, 4.69) is 29.6 Å². The Labute approximate surface area is 103 Å². The van der Waals surface area contributed by atoms with Gasteiger partial charge in [0.2, 0.25) is 0 Å². The fourth-order valence-electron chi connectivity index (χ4n) is 3.12. The smallest absolute Gasteiger partial charge is 0.119 e. The van der Waals surface area contributed by atoms with E-state index in [0.717, 1.165) is 24.2 Å². The third-order valence-electron chi connectivity index (χ3n) is 4.10. The van der Waals surface area contributed by atoms with Crippen LogP contribution in [0.4, 0.5) is 5.69 Å². The van der Waals surface area contributed by atoms with Gasteiger partial charge in [-0.2, -0.15) is 0 Å². The van der Waals surface area contributed by atoms with Crippen molar-refractivity contribution in [1.29, 1.82) is 0 Å². The van der Waals surface area contributed by atoms with Gasteiger partial charge >= 0.3 is 0 Å². The SMILES string of the molecule is CCOc1ccc(NC2CCCC3CC32)cc1. The van der Waals surface area contributed by atoms with Crippen molar-refractivity contribution in [3.63, 3.8) is 0 Å². The minimum Gasteiger partial charge on any atom is -0.494 e. The van der Waals surface area contributed by atoms with Crippen molar-refractivity contribution in [2.45, 2.75) is 38.6 Å². The highest BCUT2D eigenvalue weighted by Gasteiger charge is 2.44. The Kier molecular flexibility index (Phi) is 2.96. The second kappa shape index (κ2) is 4.59. The Morgan fingerprint density at radius 1 is 1.24 bits per heavy atom. The molecule has 1 aromatic rings. The molecule has 1 aromatic carbocycles. The number of benzene rings is 1. The first-order valence-corrected chi connectivity index (χ1v) is 6.86. The van der Waals surface area contributed by atoms with Crippen LogP contribution in [-0.2, 0) is 0 Å². The van der Waals surface area contributed by atoms with Crippen LogP contribution in [0.15, 0.2) is 24.3 Å². The van der Waals surface area contributed by atoms with E-state index in [1.54, 1.807) is 0 Å². The Balaban J connectivity index is 1.60. The monoisotopic (exact) mass is 231 g/mol. The van der Waals surface area contributed by atoms with Crippen molar-refractivity contribution in [2.24, 2.45) is 11.8 Å². The van der Waals surface area contributed by atoms with E-state index in [0.29, 0.717) is 6.04 Å². The molecule has 3 atom stereocenters. The number of anilines is 1. The zero-order valence-electron chi connectivity index (χ0n) is 10.5. The quantitative estimate of drug-likeness (QED) is 0.853. The van der Waals surface area contributed by atoms with Crippen LogP contribution in [-0.4, -0.2) is 12.6 Å². The molecule has 2 aliphatic carbocycles. The average molecular weight is 231 g/mol. The third-order valence-corrected chi connectivity index (χ3v) is 4.10. The molecular weight excluding hydrogens is 210 g/mol. The number of nitrogens with one attached hydrogen (secondary N) is 1. The van der Waals surface area contributed by atoms with E-state index in [-0.39, 0.29) is 0 Å². The van der Waals surface area contributed by atoms with Gasteiger partial charge in [-0.05, 0) is 55.9 Å². The fraction of sp³-hybridized carbons (Fsp3) is 0.600. The highest BCUT2D eigenvalue weighted by molar-refractivity contribution is 5.47. The zero-order chi connectivity index (χ0) is 11.7. The predicted molar refractivity (Wildman–Crippen MR) is 70.5 cm³/mol. The maximum absolute atomic E-state index is 5.45. The van der Waals surface area contributed by atoms with Crippen LogP contribution < -0.4 is 10.1 Å². The third kappa shape index (κ3) is 2.41. The Bertz CT molecular complexity index is 373. The summed E-state index contributed by atoms with van der Waals surface area (Å²) in [5.41, 5.74) is 1.24. The zero-order valence-corrected chi connectivity index (χ0v) is 10.5. The summed E-state index contributed by atoms with van der Waals surface area (Å²) in [4.78, 5) is 0. The van der Waals surface area contributed by atoms with E-state index in [4.69, 9.17) is 4.74 Å². The maximum atomic E-state index is 5.45. The first-order chi connectivity index (χ1) is 8.36. The van der Waals surface area contributed by atoms with Crippen molar-refractivity contribution in [3.8, 4) is 5.75 Å². The number of ether oxygens (including phenoxy) is 1. The summed E-state index contributed by atoms with van der Waals surface area (Å²) in [6.45, 7) is 2.75. The van der Waals surface area contributed by atoms with Crippen LogP contribution in [0.5, 0.6) is 5.75 Å². The van der Waals surface area contributed by atoms with E-state index in [1.807, 2.05) is 6.92 Å². The van der Waals surface area contributed by atoms with E-state index in [9.17, 15) is 0 Å². The van der Waals surface area contributed by atoms with Crippen molar-refractivity contribution in [3.05, 3.63) is 24.3 Å². The maximum Gasteiger partial charge on any atom is 0.119 e. The summed E-state index contributed by atoms with van der Waals surface area (Å²) in [5, 5.41) is 3.69. The van der Waals surface area contributed by atoms with Gasteiger partial charge < -0.3 is 10.1 Å².